The SMILES string of the molecule is CC1(C)CCN(C(CN)c2ccc(Cl)cc2Cl)C1. The quantitative estimate of drug-likeness (QED) is 0.918. The van der Waals surface area contributed by atoms with E-state index < -0.39 is 0 Å². The van der Waals surface area contributed by atoms with Crippen LogP contribution in [0.25, 0.3) is 0 Å². The molecule has 0 bridgehead atoms. The lowest BCUT2D eigenvalue weighted by Gasteiger charge is -2.29. The first kappa shape index (κ1) is 14.1. The highest BCUT2D eigenvalue weighted by molar-refractivity contribution is 6.35. The second-order valence-corrected chi connectivity index (χ2v) is 6.65. The van der Waals surface area contributed by atoms with E-state index in [2.05, 4.69) is 18.7 Å². The molecule has 2 N–H and O–H groups in total. The topological polar surface area (TPSA) is 29.3 Å². The highest BCUT2D eigenvalue weighted by Gasteiger charge is 2.33. The summed E-state index contributed by atoms with van der Waals surface area (Å²) in [5, 5.41) is 1.38. The summed E-state index contributed by atoms with van der Waals surface area (Å²) in [6.07, 6.45) is 1.20. The Morgan fingerprint density at radius 3 is 2.61 bits per heavy atom. The fraction of sp³-hybridized carbons (Fsp3) is 0.571. The predicted octanol–water partition coefficient (Wildman–Crippen LogP) is 3.73. The molecule has 0 amide bonds. The monoisotopic (exact) mass is 286 g/mol. The Balaban J connectivity index is 2.23. The first-order chi connectivity index (χ1) is 8.43. The average molecular weight is 287 g/mol. The summed E-state index contributed by atoms with van der Waals surface area (Å²) in [5.74, 6) is 0. The Labute approximate surface area is 119 Å². The van der Waals surface area contributed by atoms with E-state index in [-0.39, 0.29) is 6.04 Å². The molecule has 1 aromatic carbocycles. The number of hydrogen-bond acceptors (Lipinski definition) is 2. The number of benzene rings is 1. The Kier molecular flexibility index (Phi) is 4.22. The minimum absolute atomic E-state index is 0.191. The van der Waals surface area contributed by atoms with Gasteiger partial charge in [0.2, 0.25) is 0 Å². The highest BCUT2D eigenvalue weighted by atomic mass is 35.5. The van der Waals surface area contributed by atoms with Crippen molar-refractivity contribution in [1.29, 1.82) is 0 Å². The molecule has 0 saturated carbocycles. The molecular weight excluding hydrogens is 267 g/mol. The summed E-state index contributed by atoms with van der Waals surface area (Å²) in [4.78, 5) is 2.43. The van der Waals surface area contributed by atoms with Gasteiger partial charge in [0, 0.05) is 29.2 Å². The van der Waals surface area contributed by atoms with E-state index in [9.17, 15) is 0 Å². The largest absolute Gasteiger partial charge is 0.329 e. The third-order valence-electron chi connectivity index (χ3n) is 3.69. The maximum Gasteiger partial charge on any atom is 0.0485 e. The van der Waals surface area contributed by atoms with E-state index in [1.165, 1.54) is 6.42 Å². The summed E-state index contributed by atoms with van der Waals surface area (Å²) in [6, 6.07) is 5.86. The van der Waals surface area contributed by atoms with Crippen LogP contribution >= 0.6 is 23.2 Å². The molecule has 1 heterocycles. The standard InChI is InChI=1S/C14H20Cl2N2/c1-14(2)5-6-18(9-14)13(8-17)11-4-3-10(15)7-12(11)16/h3-4,7,13H,5-6,8-9,17H2,1-2H3. The Morgan fingerprint density at radius 2 is 2.11 bits per heavy atom. The number of halogens is 2. The summed E-state index contributed by atoms with van der Waals surface area (Å²) >= 11 is 12.2. The summed E-state index contributed by atoms with van der Waals surface area (Å²) < 4.78 is 0. The molecule has 2 rings (SSSR count). The Morgan fingerprint density at radius 1 is 1.39 bits per heavy atom. The van der Waals surface area contributed by atoms with Gasteiger partial charge in [0.05, 0.1) is 0 Å². The van der Waals surface area contributed by atoms with E-state index in [0.29, 0.717) is 22.0 Å². The van der Waals surface area contributed by atoms with Crippen LogP contribution in [0.1, 0.15) is 31.9 Å². The van der Waals surface area contributed by atoms with Gasteiger partial charge in [0.25, 0.3) is 0 Å². The van der Waals surface area contributed by atoms with Gasteiger partial charge < -0.3 is 5.73 Å². The van der Waals surface area contributed by atoms with Gasteiger partial charge in [-0.25, -0.2) is 0 Å². The number of hydrogen-bond donors (Lipinski definition) is 1. The molecule has 0 spiro atoms. The zero-order valence-corrected chi connectivity index (χ0v) is 12.4. The van der Waals surface area contributed by atoms with Crippen molar-refractivity contribution in [3.05, 3.63) is 33.8 Å². The van der Waals surface area contributed by atoms with Crippen molar-refractivity contribution < 1.29 is 0 Å². The molecule has 100 valence electrons. The number of nitrogens with zero attached hydrogens (tertiary/aromatic N) is 1. The normalized spacial score (nSPS) is 21.2. The molecule has 0 aliphatic carbocycles. The molecule has 1 fully saturated rings. The molecule has 4 heteroatoms. The molecule has 18 heavy (non-hydrogen) atoms. The summed E-state index contributed by atoms with van der Waals surface area (Å²) in [6.45, 7) is 7.31. The van der Waals surface area contributed by atoms with Crippen molar-refractivity contribution in [2.75, 3.05) is 19.6 Å². The van der Waals surface area contributed by atoms with Crippen molar-refractivity contribution in [3.63, 3.8) is 0 Å². The van der Waals surface area contributed by atoms with Gasteiger partial charge in [-0.15, -0.1) is 0 Å². The molecule has 1 aliphatic rings. The van der Waals surface area contributed by atoms with Gasteiger partial charge in [0.1, 0.15) is 0 Å². The number of rotatable bonds is 3. The van der Waals surface area contributed by atoms with E-state index in [0.717, 1.165) is 18.7 Å². The summed E-state index contributed by atoms with van der Waals surface area (Å²) in [7, 11) is 0. The van der Waals surface area contributed by atoms with Crippen molar-refractivity contribution in [2.45, 2.75) is 26.3 Å². The molecule has 1 aromatic rings. The smallest absolute Gasteiger partial charge is 0.0485 e. The van der Waals surface area contributed by atoms with Crippen molar-refractivity contribution in [2.24, 2.45) is 11.1 Å². The molecule has 1 saturated heterocycles. The fourth-order valence-electron chi connectivity index (χ4n) is 2.66. The lowest BCUT2D eigenvalue weighted by Crippen LogP contribution is -2.33. The molecule has 0 radical (unpaired) electrons. The van der Waals surface area contributed by atoms with Crippen molar-refractivity contribution in [3.8, 4) is 0 Å². The van der Waals surface area contributed by atoms with Crippen LogP contribution in [-0.4, -0.2) is 24.5 Å². The average Bonchev–Trinajstić information content (AvgIpc) is 2.63. The van der Waals surface area contributed by atoms with Crippen molar-refractivity contribution in [1.82, 2.24) is 4.90 Å². The first-order valence-electron chi connectivity index (χ1n) is 6.32. The maximum absolute atomic E-state index is 6.29. The van der Waals surface area contributed by atoms with E-state index in [4.69, 9.17) is 28.9 Å². The van der Waals surface area contributed by atoms with Crippen LogP contribution in [-0.2, 0) is 0 Å². The third kappa shape index (κ3) is 3.00. The van der Waals surface area contributed by atoms with Crippen LogP contribution in [0.2, 0.25) is 10.0 Å². The lowest BCUT2D eigenvalue weighted by molar-refractivity contribution is 0.223. The number of likely N-dealkylation sites (tertiary alicyclic amines) is 1. The lowest BCUT2D eigenvalue weighted by atomic mass is 9.93. The Hall–Kier alpha value is -0.280. The zero-order valence-electron chi connectivity index (χ0n) is 10.9. The van der Waals surface area contributed by atoms with Gasteiger partial charge in [-0.1, -0.05) is 43.1 Å². The van der Waals surface area contributed by atoms with E-state index in [1.54, 1.807) is 6.07 Å². The molecule has 1 atom stereocenters. The van der Waals surface area contributed by atoms with Gasteiger partial charge in [-0.2, -0.15) is 0 Å². The van der Waals surface area contributed by atoms with Gasteiger partial charge >= 0.3 is 0 Å². The van der Waals surface area contributed by atoms with Crippen LogP contribution in [0.3, 0.4) is 0 Å². The third-order valence-corrected chi connectivity index (χ3v) is 4.25. The maximum atomic E-state index is 6.29. The van der Waals surface area contributed by atoms with Crippen LogP contribution in [0.15, 0.2) is 18.2 Å². The first-order valence-corrected chi connectivity index (χ1v) is 7.07. The zero-order chi connectivity index (χ0) is 13.3. The molecule has 2 nitrogen and oxygen atoms in total. The van der Waals surface area contributed by atoms with Gasteiger partial charge in [-0.05, 0) is 36.1 Å². The number of nitrogens with two attached hydrogens (primary N) is 1. The second-order valence-electron chi connectivity index (χ2n) is 5.80. The highest BCUT2D eigenvalue weighted by Crippen LogP contribution is 2.36. The minimum atomic E-state index is 0.191. The molecule has 0 aromatic heterocycles. The second kappa shape index (κ2) is 5.38. The van der Waals surface area contributed by atoms with Crippen LogP contribution in [0.4, 0.5) is 0 Å². The van der Waals surface area contributed by atoms with E-state index >= 15 is 0 Å². The minimum Gasteiger partial charge on any atom is -0.329 e. The summed E-state index contributed by atoms with van der Waals surface area (Å²) in [5.41, 5.74) is 7.40. The molecule has 1 aliphatic heterocycles. The van der Waals surface area contributed by atoms with Crippen molar-refractivity contribution >= 4 is 23.2 Å². The van der Waals surface area contributed by atoms with Crippen LogP contribution < -0.4 is 5.73 Å². The molecule has 1 unspecified atom stereocenters. The molecular formula is C14H20Cl2N2. The van der Waals surface area contributed by atoms with Gasteiger partial charge in [-0.3, -0.25) is 4.90 Å². The van der Waals surface area contributed by atoms with E-state index in [1.807, 2.05) is 12.1 Å². The Bertz CT molecular complexity index is 432. The van der Waals surface area contributed by atoms with Crippen LogP contribution in [0.5, 0.6) is 0 Å². The van der Waals surface area contributed by atoms with Gasteiger partial charge in [0.15, 0.2) is 0 Å². The van der Waals surface area contributed by atoms with Crippen LogP contribution in [0, 0.1) is 5.41 Å². The predicted molar refractivity (Wildman–Crippen MR) is 78.2 cm³/mol. The fourth-order valence-corrected chi connectivity index (χ4v) is 3.20.